The average Bonchev–Trinajstić information content (AvgIpc) is 0.967. The number of carbonyl (C=O) groups excluding carboxylic acids is 4. The predicted molar refractivity (Wildman–Crippen MR) is 405 cm³/mol. The summed E-state index contributed by atoms with van der Waals surface area (Å²) in [6.07, 6.45) is 61.1. The van der Waals surface area contributed by atoms with Gasteiger partial charge in [0.25, 0.3) is 0 Å². The molecule has 0 heterocycles. The maximum absolute atomic E-state index is 13.1. The van der Waals surface area contributed by atoms with Crippen molar-refractivity contribution in [3.8, 4) is 0 Å². The molecule has 17 nitrogen and oxygen atoms in total. The Hall–Kier alpha value is -1.94. The second kappa shape index (κ2) is 71.7. The summed E-state index contributed by atoms with van der Waals surface area (Å²) in [5.74, 6) is -0.567. The van der Waals surface area contributed by atoms with Gasteiger partial charge in [0.15, 0.2) is 12.2 Å². The molecule has 3 N–H and O–H groups in total. The summed E-state index contributed by atoms with van der Waals surface area (Å²) in [6, 6.07) is 0. The summed E-state index contributed by atoms with van der Waals surface area (Å²) >= 11 is 0. The third-order valence-corrected chi connectivity index (χ3v) is 20.6. The number of aliphatic hydroxyl groups is 1. The van der Waals surface area contributed by atoms with E-state index in [-0.39, 0.29) is 25.7 Å². The normalized spacial score (nSPS) is 13.9. The highest BCUT2D eigenvalue weighted by Crippen LogP contribution is 2.45. The van der Waals surface area contributed by atoms with Crippen molar-refractivity contribution in [2.45, 2.75) is 439 Å². The van der Waals surface area contributed by atoms with Gasteiger partial charge in [0.1, 0.15) is 19.3 Å². The quantitative estimate of drug-likeness (QED) is 0.0222. The van der Waals surface area contributed by atoms with Gasteiger partial charge in [-0.25, -0.2) is 9.13 Å². The molecule has 0 amide bonds. The lowest BCUT2D eigenvalue weighted by molar-refractivity contribution is -0.161. The van der Waals surface area contributed by atoms with E-state index in [0.717, 1.165) is 102 Å². The van der Waals surface area contributed by atoms with Gasteiger partial charge in [0.05, 0.1) is 26.4 Å². The largest absolute Gasteiger partial charge is 0.472 e. The molecular weight excluding hydrogens is 1290 g/mol. The first-order chi connectivity index (χ1) is 47.9. The third-order valence-electron chi connectivity index (χ3n) is 18.7. The highest BCUT2D eigenvalue weighted by Gasteiger charge is 2.30. The number of rotatable bonds is 79. The van der Waals surface area contributed by atoms with Crippen molar-refractivity contribution < 1.29 is 80.2 Å². The summed E-state index contributed by atoms with van der Waals surface area (Å²) < 4.78 is 68.7. The highest BCUT2D eigenvalue weighted by atomic mass is 31.2. The van der Waals surface area contributed by atoms with Crippen molar-refractivity contribution in [3.05, 3.63) is 0 Å². The van der Waals surface area contributed by atoms with Crippen LogP contribution in [-0.2, 0) is 65.4 Å². The Morgan fingerprint density at radius 3 is 0.687 bits per heavy atom. The van der Waals surface area contributed by atoms with Crippen molar-refractivity contribution in [2.75, 3.05) is 39.6 Å². The molecule has 0 aromatic carbocycles. The van der Waals surface area contributed by atoms with Gasteiger partial charge in [-0.1, -0.05) is 369 Å². The molecule has 0 aliphatic rings. The van der Waals surface area contributed by atoms with Gasteiger partial charge >= 0.3 is 39.5 Å². The number of esters is 4. The standard InChI is InChI=1S/C80H156O17P2/c1-7-9-11-13-15-17-19-20-21-22-23-24-25-26-29-33-40-46-52-58-64-79(84)96-76(69-91-78(83)63-57-51-45-39-32-30-27-28-31-36-42-48-54-60-72(3)4)71-95-99(88,89)93-67-74(81)66-92-98(86,87)94-70-75(68-90-77(82)62-56-50-44-38-18-16-14-12-10-8-2)97-80(85)65-59-53-47-41-35-34-37-43-49-55-61-73(5)6/h72-76,81H,7-71H2,1-6H3,(H,86,87)(H,88,89)/t74-,75+,76+/m0/s1. The summed E-state index contributed by atoms with van der Waals surface area (Å²) in [5, 5.41) is 10.6. The third kappa shape index (κ3) is 74.1. The Kier molecular flexibility index (Phi) is 70.3. The molecule has 0 fully saturated rings. The molecule has 0 aliphatic carbocycles. The van der Waals surface area contributed by atoms with E-state index in [9.17, 15) is 43.2 Å². The van der Waals surface area contributed by atoms with Gasteiger partial charge in [0.2, 0.25) is 0 Å². The molecule has 0 aromatic heterocycles. The monoisotopic (exact) mass is 1450 g/mol. The lowest BCUT2D eigenvalue weighted by atomic mass is 10.0. The van der Waals surface area contributed by atoms with Crippen molar-refractivity contribution >= 4 is 39.5 Å². The second-order valence-corrected chi connectivity index (χ2v) is 32.7. The van der Waals surface area contributed by atoms with Gasteiger partial charge < -0.3 is 33.8 Å². The summed E-state index contributed by atoms with van der Waals surface area (Å²) in [6.45, 7) is 9.63. The van der Waals surface area contributed by atoms with Crippen LogP contribution in [0.2, 0.25) is 0 Å². The zero-order chi connectivity index (χ0) is 72.8. The number of phosphoric ester groups is 2. The lowest BCUT2D eigenvalue weighted by Crippen LogP contribution is -2.30. The first kappa shape index (κ1) is 97.1. The van der Waals surface area contributed by atoms with E-state index < -0.39 is 97.5 Å². The number of hydrogen-bond donors (Lipinski definition) is 3. The molecule has 588 valence electrons. The summed E-state index contributed by atoms with van der Waals surface area (Å²) in [7, 11) is -9.92. The smallest absolute Gasteiger partial charge is 0.462 e. The van der Waals surface area contributed by atoms with E-state index in [1.54, 1.807) is 0 Å². The minimum atomic E-state index is -4.96. The molecule has 99 heavy (non-hydrogen) atoms. The van der Waals surface area contributed by atoms with Crippen LogP contribution in [-0.4, -0.2) is 96.7 Å². The van der Waals surface area contributed by atoms with Crippen LogP contribution in [0.15, 0.2) is 0 Å². The molecule has 5 atom stereocenters. The summed E-state index contributed by atoms with van der Waals surface area (Å²) in [4.78, 5) is 73.0. The molecule has 0 saturated heterocycles. The maximum Gasteiger partial charge on any atom is 0.472 e. The molecule has 0 bridgehead atoms. The number of unbranched alkanes of at least 4 members (excludes halogenated alkanes) is 49. The van der Waals surface area contributed by atoms with Crippen LogP contribution in [0.3, 0.4) is 0 Å². The molecule has 0 radical (unpaired) electrons. The van der Waals surface area contributed by atoms with Crippen LogP contribution in [0, 0.1) is 11.8 Å². The minimum absolute atomic E-state index is 0.106. The van der Waals surface area contributed by atoms with Crippen LogP contribution in [0.5, 0.6) is 0 Å². The van der Waals surface area contributed by atoms with Gasteiger partial charge in [-0.15, -0.1) is 0 Å². The van der Waals surface area contributed by atoms with Gasteiger partial charge in [-0.3, -0.25) is 37.3 Å². The van der Waals surface area contributed by atoms with E-state index in [2.05, 4.69) is 41.5 Å². The number of phosphoric acid groups is 2. The Bertz CT molecular complexity index is 1910. The Labute approximate surface area is 607 Å². The molecule has 0 saturated carbocycles. The number of carbonyl (C=O) groups is 4. The fourth-order valence-corrected chi connectivity index (χ4v) is 13.9. The minimum Gasteiger partial charge on any atom is -0.462 e. The maximum atomic E-state index is 13.1. The van der Waals surface area contributed by atoms with E-state index in [1.165, 1.54) is 238 Å². The van der Waals surface area contributed by atoms with E-state index in [4.69, 9.17) is 37.0 Å². The van der Waals surface area contributed by atoms with Gasteiger partial charge in [-0.05, 0) is 37.5 Å². The molecule has 0 aromatic rings. The predicted octanol–water partition coefficient (Wildman–Crippen LogP) is 23.9. The van der Waals surface area contributed by atoms with Crippen molar-refractivity contribution in [3.63, 3.8) is 0 Å². The van der Waals surface area contributed by atoms with Crippen molar-refractivity contribution in [1.29, 1.82) is 0 Å². The first-order valence-corrected chi connectivity index (χ1v) is 44.5. The average molecular weight is 1450 g/mol. The SMILES string of the molecule is CCCCCCCCCCCCCCCCCCCCCCC(=O)O[C@H](COC(=O)CCCCCCCCCCCCCCCC(C)C)COP(=O)(O)OC[C@@H](O)COP(=O)(O)OC[C@@H](COC(=O)CCCCCCCCCCCC)OC(=O)CCCCCCCCCCCCC(C)C. The van der Waals surface area contributed by atoms with Crippen LogP contribution < -0.4 is 0 Å². The molecule has 2 unspecified atom stereocenters. The number of aliphatic hydroxyl groups excluding tert-OH is 1. The Morgan fingerprint density at radius 1 is 0.273 bits per heavy atom. The molecule has 0 aliphatic heterocycles. The fourth-order valence-electron chi connectivity index (χ4n) is 12.4. The molecular formula is C80H156O17P2. The zero-order valence-corrected chi connectivity index (χ0v) is 66.6. The van der Waals surface area contributed by atoms with Crippen molar-refractivity contribution in [1.82, 2.24) is 0 Å². The molecule has 0 rings (SSSR count). The van der Waals surface area contributed by atoms with Gasteiger partial charge in [0, 0.05) is 25.7 Å². The zero-order valence-electron chi connectivity index (χ0n) is 64.8. The fraction of sp³-hybridized carbons (Fsp3) is 0.950. The van der Waals surface area contributed by atoms with Crippen LogP contribution >= 0.6 is 15.6 Å². The summed E-state index contributed by atoms with van der Waals surface area (Å²) in [5.41, 5.74) is 0. The highest BCUT2D eigenvalue weighted by molar-refractivity contribution is 7.47. The van der Waals surface area contributed by atoms with Crippen LogP contribution in [0.1, 0.15) is 420 Å². The van der Waals surface area contributed by atoms with E-state index >= 15 is 0 Å². The number of hydrogen-bond acceptors (Lipinski definition) is 15. The van der Waals surface area contributed by atoms with Crippen LogP contribution in [0.25, 0.3) is 0 Å². The lowest BCUT2D eigenvalue weighted by Gasteiger charge is -2.21. The van der Waals surface area contributed by atoms with Gasteiger partial charge in [-0.2, -0.15) is 0 Å². The molecule has 19 heteroatoms. The topological polar surface area (TPSA) is 237 Å². The second-order valence-electron chi connectivity index (χ2n) is 29.8. The van der Waals surface area contributed by atoms with Crippen LogP contribution in [0.4, 0.5) is 0 Å². The molecule has 0 spiro atoms. The van der Waals surface area contributed by atoms with E-state index in [0.29, 0.717) is 25.7 Å². The Balaban J connectivity index is 5.23. The van der Waals surface area contributed by atoms with Crippen molar-refractivity contribution in [2.24, 2.45) is 11.8 Å². The Morgan fingerprint density at radius 2 is 0.465 bits per heavy atom. The first-order valence-electron chi connectivity index (χ1n) is 41.5. The van der Waals surface area contributed by atoms with E-state index in [1.807, 2.05) is 0 Å². The number of ether oxygens (including phenoxy) is 4.